The van der Waals surface area contributed by atoms with E-state index in [0.717, 1.165) is 22.3 Å². The van der Waals surface area contributed by atoms with Crippen molar-refractivity contribution in [2.75, 3.05) is 7.11 Å². The van der Waals surface area contributed by atoms with E-state index in [-0.39, 0.29) is 18.4 Å². The van der Waals surface area contributed by atoms with Gasteiger partial charge in [-0.2, -0.15) is 0 Å². The molecule has 152 valence electrons. The fourth-order valence-electron chi connectivity index (χ4n) is 3.01. The van der Waals surface area contributed by atoms with Crippen LogP contribution in [0, 0.1) is 5.92 Å². The van der Waals surface area contributed by atoms with E-state index in [1.165, 1.54) is 7.11 Å². The lowest BCUT2D eigenvalue weighted by Gasteiger charge is -2.21. The first kappa shape index (κ1) is 20.7. The average molecular weight is 415 g/mol. The van der Waals surface area contributed by atoms with Crippen molar-refractivity contribution in [3.63, 3.8) is 0 Å². The van der Waals surface area contributed by atoms with Crippen LogP contribution in [0.1, 0.15) is 19.4 Å². The maximum Gasteiger partial charge on any atom is 0.407 e. The van der Waals surface area contributed by atoms with Crippen molar-refractivity contribution in [1.29, 1.82) is 0 Å². The molecule has 7 nitrogen and oxygen atoms in total. The molecule has 2 N–H and O–H groups in total. The molecule has 0 spiro atoms. The quantitative estimate of drug-likeness (QED) is 0.644. The van der Waals surface area contributed by atoms with E-state index in [0.29, 0.717) is 5.02 Å². The van der Waals surface area contributed by atoms with Gasteiger partial charge in [-0.1, -0.05) is 43.6 Å². The predicted octanol–water partition coefficient (Wildman–Crippen LogP) is 3.68. The maximum absolute atomic E-state index is 12.5. The van der Waals surface area contributed by atoms with Gasteiger partial charge in [0.2, 0.25) is 5.91 Å². The van der Waals surface area contributed by atoms with Crippen LogP contribution in [-0.4, -0.2) is 34.7 Å². The van der Waals surface area contributed by atoms with Crippen molar-refractivity contribution in [3.05, 3.63) is 59.4 Å². The topological polar surface area (TPSA) is 85.2 Å². The standard InChI is InChI=1S/C21H23ClN4O3/c1-13(2)19(25-21(28)29-3)20(27)23-11-14-8-9-15(10-16(14)22)26-12-24-17-6-4-5-7-18(17)26/h4-10,12-13,19H,11H2,1-3H3,(H,23,27)(H,25,28)/t19-/m1/s1. The fraction of sp³-hybridized carbons (Fsp3) is 0.286. The molecule has 0 aliphatic carbocycles. The van der Waals surface area contributed by atoms with Gasteiger partial charge in [-0.15, -0.1) is 0 Å². The summed E-state index contributed by atoms with van der Waals surface area (Å²) < 4.78 is 6.54. The Morgan fingerprint density at radius 1 is 1.21 bits per heavy atom. The van der Waals surface area contributed by atoms with Crippen LogP contribution in [0.5, 0.6) is 0 Å². The molecule has 2 aromatic carbocycles. The monoisotopic (exact) mass is 414 g/mol. The molecule has 3 rings (SSSR count). The summed E-state index contributed by atoms with van der Waals surface area (Å²) in [6, 6.07) is 12.8. The molecule has 0 saturated heterocycles. The molecule has 0 aliphatic rings. The number of imidazole rings is 1. The Hall–Kier alpha value is -3.06. The van der Waals surface area contributed by atoms with Crippen LogP contribution in [0.15, 0.2) is 48.8 Å². The number of aromatic nitrogens is 2. The molecule has 3 aromatic rings. The number of benzene rings is 2. The SMILES string of the molecule is COC(=O)N[C@@H](C(=O)NCc1ccc(-n2cnc3ccccc32)cc1Cl)C(C)C. The summed E-state index contributed by atoms with van der Waals surface area (Å²) in [6.45, 7) is 3.93. The summed E-state index contributed by atoms with van der Waals surface area (Å²) in [6.07, 6.45) is 1.11. The number of carbonyl (C=O) groups is 2. The molecule has 8 heteroatoms. The number of alkyl carbamates (subject to hydrolysis) is 1. The predicted molar refractivity (Wildman–Crippen MR) is 112 cm³/mol. The van der Waals surface area contributed by atoms with Crippen LogP contribution in [0.3, 0.4) is 0 Å². The molecular formula is C21H23ClN4O3. The average Bonchev–Trinajstić information content (AvgIpc) is 3.14. The van der Waals surface area contributed by atoms with Crippen molar-refractivity contribution >= 4 is 34.6 Å². The normalized spacial score (nSPS) is 12.0. The van der Waals surface area contributed by atoms with E-state index >= 15 is 0 Å². The first-order valence-electron chi connectivity index (χ1n) is 9.23. The smallest absolute Gasteiger partial charge is 0.407 e. The van der Waals surface area contributed by atoms with E-state index in [4.69, 9.17) is 11.6 Å². The van der Waals surface area contributed by atoms with Gasteiger partial charge in [0.1, 0.15) is 12.4 Å². The Morgan fingerprint density at radius 3 is 2.66 bits per heavy atom. The number of carbonyl (C=O) groups excluding carboxylic acids is 2. The molecule has 1 atom stereocenters. The molecule has 0 saturated carbocycles. The van der Waals surface area contributed by atoms with E-state index in [1.54, 1.807) is 6.33 Å². The minimum absolute atomic E-state index is 0.0959. The second-order valence-corrected chi connectivity index (χ2v) is 7.36. The molecule has 0 unspecified atom stereocenters. The highest BCUT2D eigenvalue weighted by molar-refractivity contribution is 6.31. The van der Waals surface area contributed by atoms with Crippen molar-refractivity contribution < 1.29 is 14.3 Å². The summed E-state index contributed by atoms with van der Waals surface area (Å²) >= 11 is 6.46. The number of rotatable bonds is 6. The fourth-order valence-corrected chi connectivity index (χ4v) is 3.25. The number of fused-ring (bicyclic) bond motifs is 1. The number of hydrogen-bond acceptors (Lipinski definition) is 4. The van der Waals surface area contributed by atoms with E-state index < -0.39 is 12.1 Å². The summed E-state index contributed by atoms with van der Waals surface area (Å²) in [5.74, 6) is -0.396. The van der Waals surface area contributed by atoms with Gasteiger partial charge in [0.25, 0.3) is 0 Å². The Labute approximate surface area is 174 Å². The van der Waals surface area contributed by atoms with Gasteiger partial charge < -0.3 is 15.4 Å². The zero-order valence-electron chi connectivity index (χ0n) is 16.5. The lowest BCUT2D eigenvalue weighted by Crippen LogP contribution is -2.49. The molecule has 1 heterocycles. The van der Waals surface area contributed by atoms with Gasteiger partial charge in [0.15, 0.2) is 0 Å². The van der Waals surface area contributed by atoms with Crippen molar-refractivity contribution in [2.45, 2.75) is 26.4 Å². The summed E-state index contributed by atoms with van der Waals surface area (Å²) in [5.41, 5.74) is 3.54. The second-order valence-electron chi connectivity index (χ2n) is 6.95. The molecule has 0 fully saturated rings. The van der Waals surface area contributed by atoms with Crippen LogP contribution in [0.4, 0.5) is 4.79 Å². The zero-order chi connectivity index (χ0) is 21.0. The van der Waals surface area contributed by atoms with Crippen LogP contribution >= 0.6 is 11.6 Å². The largest absolute Gasteiger partial charge is 0.453 e. The lowest BCUT2D eigenvalue weighted by atomic mass is 10.0. The molecular weight excluding hydrogens is 392 g/mol. The molecule has 0 bridgehead atoms. The first-order chi connectivity index (χ1) is 13.9. The van der Waals surface area contributed by atoms with E-state index in [1.807, 2.05) is 60.9 Å². The third kappa shape index (κ3) is 4.68. The van der Waals surface area contributed by atoms with Crippen LogP contribution in [-0.2, 0) is 16.1 Å². The highest BCUT2D eigenvalue weighted by atomic mass is 35.5. The Bertz CT molecular complexity index is 1030. The van der Waals surface area contributed by atoms with Crippen molar-refractivity contribution in [2.24, 2.45) is 5.92 Å². The third-order valence-corrected chi connectivity index (χ3v) is 4.98. The molecule has 0 radical (unpaired) electrons. The minimum Gasteiger partial charge on any atom is -0.453 e. The maximum atomic E-state index is 12.5. The van der Waals surface area contributed by atoms with Gasteiger partial charge in [0, 0.05) is 17.3 Å². The number of nitrogens with zero attached hydrogens (tertiary/aromatic N) is 2. The molecule has 29 heavy (non-hydrogen) atoms. The van der Waals surface area contributed by atoms with Crippen LogP contribution < -0.4 is 10.6 Å². The zero-order valence-corrected chi connectivity index (χ0v) is 17.2. The van der Waals surface area contributed by atoms with E-state index in [2.05, 4.69) is 20.4 Å². The van der Waals surface area contributed by atoms with E-state index in [9.17, 15) is 9.59 Å². The van der Waals surface area contributed by atoms with Gasteiger partial charge in [-0.3, -0.25) is 9.36 Å². The molecule has 1 aromatic heterocycles. The number of amides is 2. The second kappa shape index (κ2) is 8.96. The highest BCUT2D eigenvalue weighted by Crippen LogP contribution is 2.23. The number of methoxy groups -OCH3 is 1. The summed E-state index contributed by atoms with van der Waals surface area (Å²) in [7, 11) is 1.26. The minimum atomic E-state index is -0.696. The first-order valence-corrected chi connectivity index (χ1v) is 9.61. The Kier molecular flexibility index (Phi) is 6.39. The Morgan fingerprint density at radius 2 is 1.97 bits per heavy atom. The van der Waals surface area contributed by atoms with Crippen LogP contribution in [0.2, 0.25) is 5.02 Å². The number of para-hydroxylation sites is 2. The highest BCUT2D eigenvalue weighted by Gasteiger charge is 2.24. The summed E-state index contributed by atoms with van der Waals surface area (Å²) in [4.78, 5) is 28.3. The number of nitrogens with one attached hydrogen (secondary N) is 2. The number of ether oxygens (including phenoxy) is 1. The van der Waals surface area contributed by atoms with Crippen molar-refractivity contribution in [1.82, 2.24) is 20.2 Å². The molecule has 2 amide bonds. The Balaban J connectivity index is 1.72. The van der Waals surface area contributed by atoms with Crippen molar-refractivity contribution in [3.8, 4) is 5.69 Å². The third-order valence-electron chi connectivity index (χ3n) is 4.63. The van der Waals surface area contributed by atoms with Crippen LogP contribution in [0.25, 0.3) is 16.7 Å². The van der Waals surface area contributed by atoms with Gasteiger partial charge in [0.05, 0.1) is 18.1 Å². The van der Waals surface area contributed by atoms with Gasteiger partial charge in [-0.05, 0) is 35.7 Å². The molecule has 0 aliphatic heterocycles. The summed E-state index contributed by atoms with van der Waals surface area (Å²) in [5, 5.41) is 5.90. The van der Waals surface area contributed by atoms with Gasteiger partial charge in [-0.25, -0.2) is 9.78 Å². The number of hydrogen-bond donors (Lipinski definition) is 2. The number of halogens is 1. The van der Waals surface area contributed by atoms with Gasteiger partial charge >= 0.3 is 6.09 Å². The lowest BCUT2D eigenvalue weighted by molar-refractivity contribution is -0.124.